The Bertz CT molecular complexity index is 242. The smallest absolute Gasteiger partial charge is 0.237 e. The van der Waals surface area contributed by atoms with Gasteiger partial charge in [0.25, 0.3) is 0 Å². The molecule has 2 unspecified atom stereocenters. The number of amides is 1. The zero-order valence-corrected chi connectivity index (χ0v) is 12.0. The predicted molar refractivity (Wildman–Crippen MR) is 70.7 cm³/mol. The van der Waals surface area contributed by atoms with Crippen LogP contribution in [0, 0.1) is 5.92 Å². The van der Waals surface area contributed by atoms with Crippen LogP contribution in [0.15, 0.2) is 0 Å². The SMILES string of the molecule is CC(C)COC(C)CC(C)(NC(C)C)C(N)=O. The molecule has 4 heteroatoms. The minimum Gasteiger partial charge on any atom is -0.378 e. The van der Waals surface area contributed by atoms with E-state index in [-0.39, 0.29) is 18.1 Å². The number of carbonyl (C=O) groups excluding carboxylic acids is 1. The summed E-state index contributed by atoms with van der Waals surface area (Å²) in [6.07, 6.45) is 0.605. The van der Waals surface area contributed by atoms with Crippen molar-refractivity contribution in [2.24, 2.45) is 11.7 Å². The Morgan fingerprint density at radius 2 is 1.82 bits per heavy atom. The normalized spacial score (nSPS) is 17.2. The van der Waals surface area contributed by atoms with Gasteiger partial charge in [-0.05, 0) is 33.6 Å². The predicted octanol–water partition coefficient (Wildman–Crippen LogP) is 1.68. The molecule has 2 atom stereocenters. The number of hydrogen-bond donors (Lipinski definition) is 2. The zero-order chi connectivity index (χ0) is 13.6. The fraction of sp³-hybridized carbons (Fsp3) is 0.923. The van der Waals surface area contributed by atoms with E-state index in [9.17, 15) is 4.79 Å². The van der Waals surface area contributed by atoms with Crippen molar-refractivity contribution in [2.45, 2.75) is 65.6 Å². The molecular formula is C13H28N2O2. The lowest BCUT2D eigenvalue weighted by Crippen LogP contribution is -2.57. The lowest BCUT2D eigenvalue weighted by atomic mass is 9.93. The van der Waals surface area contributed by atoms with E-state index in [0.29, 0.717) is 18.9 Å². The highest BCUT2D eigenvalue weighted by Gasteiger charge is 2.33. The second kappa shape index (κ2) is 6.97. The monoisotopic (exact) mass is 244 g/mol. The molecule has 0 spiro atoms. The van der Waals surface area contributed by atoms with E-state index in [1.54, 1.807) is 0 Å². The maximum absolute atomic E-state index is 11.5. The fourth-order valence-corrected chi connectivity index (χ4v) is 1.86. The fourth-order valence-electron chi connectivity index (χ4n) is 1.86. The molecule has 102 valence electrons. The van der Waals surface area contributed by atoms with Crippen molar-refractivity contribution in [1.29, 1.82) is 0 Å². The molecule has 0 aromatic carbocycles. The molecule has 0 bridgehead atoms. The number of nitrogens with two attached hydrogens (primary N) is 1. The minimum atomic E-state index is -0.704. The van der Waals surface area contributed by atoms with Crippen LogP contribution < -0.4 is 11.1 Å². The van der Waals surface area contributed by atoms with Gasteiger partial charge >= 0.3 is 0 Å². The molecule has 0 heterocycles. The summed E-state index contributed by atoms with van der Waals surface area (Å²) in [6, 6.07) is 0.213. The first-order valence-electron chi connectivity index (χ1n) is 6.36. The van der Waals surface area contributed by atoms with Crippen molar-refractivity contribution in [3.63, 3.8) is 0 Å². The largest absolute Gasteiger partial charge is 0.378 e. The van der Waals surface area contributed by atoms with Crippen LogP contribution in [0.3, 0.4) is 0 Å². The summed E-state index contributed by atoms with van der Waals surface area (Å²) >= 11 is 0. The Balaban J connectivity index is 4.38. The summed E-state index contributed by atoms with van der Waals surface area (Å²) in [4.78, 5) is 11.5. The standard InChI is InChI=1S/C13H28N2O2/c1-9(2)8-17-11(5)7-13(6,12(14)16)15-10(3)4/h9-11,15H,7-8H2,1-6H3,(H2,14,16). The van der Waals surface area contributed by atoms with Crippen LogP contribution >= 0.6 is 0 Å². The zero-order valence-electron chi connectivity index (χ0n) is 12.0. The number of rotatable bonds is 8. The Kier molecular flexibility index (Phi) is 6.72. The number of carbonyl (C=O) groups is 1. The molecule has 0 aliphatic carbocycles. The summed E-state index contributed by atoms with van der Waals surface area (Å²) in [7, 11) is 0. The topological polar surface area (TPSA) is 64.3 Å². The molecule has 0 saturated carbocycles. The van der Waals surface area contributed by atoms with Crippen LogP contribution in [-0.4, -0.2) is 30.2 Å². The molecule has 0 saturated heterocycles. The second-order valence-electron chi connectivity index (χ2n) is 5.74. The molecule has 0 fully saturated rings. The second-order valence-corrected chi connectivity index (χ2v) is 5.74. The van der Waals surface area contributed by atoms with Gasteiger partial charge in [-0.1, -0.05) is 13.8 Å². The molecule has 4 nitrogen and oxygen atoms in total. The molecule has 0 rings (SSSR count). The lowest BCUT2D eigenvalue weighted by Gasteiger charge is -2.32. The van der Waals surface area contributed by atoms with E-state index >= 15 is 0 Å². The van der Waals surface area contributed by atoms with E-state index in [1.807, 2.05) is 27.7 Å². The van der Waals surface area contributed by atoms with Gasteiger partial charge in [0, 0.05) is 19.1 Å². The Morgan fingerprint density at radius 1 is 1.29 bits per heavy atom. The van der Waals surface area contributed by atoms with E-state index in [4.69, 9.17) is 10.5 Å². The first-order valence-corrected chi connectivity index (χ1v) is 6.36. The van der Waals surface area contributed by atoms with Gasteiger partial charge in [0.2, 0.25) is 5.91 Å². The highest BCUT2D eigenvalue weighted by molar-refractivity contribution is 5.84. The number of ether oxygens (including phenoxy) is 1. The van der Waals surface area contributed by atoms with Crippen molar-refractivity contribution in [1.82, 2.24) is 5.32 Å². The third kappa shape index (κ3) is 6.64. The van der Waals surface area contributed by atoms with Gasteiger partial charge in [-0.15, -0.1) is 0 Å². The van der Waals surface area contributed by atoms with Gasteiger partial charge in [-0.25, -0.2) is 0 Å². The Hall–Kier alpha value is -0.610. The lowest BCUT2D eigenvalue weighted by molar-refractivity contribution is -0.125. The van der Waals surface area contributed by atoms with E-state index < -0.39 is 5.54 Å². The van der Waals surface area contributed by atoms with Gasteiger partial charge in [0.15, 0.2) is 0 Å². The molecule has 0 aromatic heterocycles. The van der Waals surface area contributed by atoms with Crippen molar-refractivity contribution in [2.75, 3.05) is 6.61 Å². The number of hydrogen-bond acceptors (Lipinski definition) is 3. The third-order valence-electron chi connectivity index (χ3n) is 2.56. The summed E-state index contributed by atoms with van der Waals surface area (Å²) in [6.45, 7) is 12.7. The Morgan fingerprint density at radius 3 is 2.18 bits per heavy atom. The van der Waals surface area contributed by atoms with E-state index in [2.05, 4.69) is 19.2 Å². The van der Waals surface area contributed by atoms with Gasteiger partial charge in [-0.2, -0.15) is 0 Å². The summed E-state index contributed by atoms with van der Waals surface area (Å²) in [5.74, 6) is 0.168. The quantitative estimate of drug-likeness (QED) is 0.683. The summed E-state index contributed by atoms with van der Waals surface area (Å²) in [5.41, 5.74) is 4.76. The number of nitrogens with one attached hydrogen (secondary N) is 1. The van der Waals surface area contributed by atoms with Gasteiger partial charge < -0.3 is 15.8 Å². The minimum absolute atomic E-state index is 0.0150. The Labute approximate surface area is 105 Å². The maximum Gasteiger partial charge on any atom is 0.237 e. The average molecular weight is 244 g/mol. The molecule has 0 radical (unpaired) electrons. The van der Waals surface area contributed by atoms with E-state index in [1.165, 1.54) is 0 Å². The third-order valence-corrected chi connectivity index (χ3v) is 2.56. The van der Waals surface area contributed by atoms with Crippen molar-refractivity contribution in [3.05, 3.63) is 0 Å². The molecule has 17 heavy (non-hydrogen) atoms. The maximum atomic E-state index is 11.5. The molecule has 0 aliphatic heterocycles. The first-order chi connectivity index (χ1) is 7.67. The average Bonchev–Trinajstić information content (AvgIpc) is 2.12. The van der Waals surface area contributed by atoms with Gasteiger partial charge in [0.1, 0.15) is 0 Å². The van der Waals surface area contributed by atoms with Gasteiger partial charge in [0.05, 0.1) is 11.6 Å². The van der Waals surface area contributed by atoms with Crippen LogP contribution in [0.2, 0.25) is 0 Å². The molecule has 0 aliphatic rings. The highest BCUT2D eigenvalue weighted by Crippen LogP contribution is 2.16. The van der Waals surface area contributed by atoms with Crippen LogP contribution in [0.1, 0.15) is 48.0 Å². The van der Waals surface area contributed by atoms with Crippen molar-refractivity contribution >= 4 is 5.91 Å². The van der Waals surface area contributed by atoms with Crippen LogP contribution in [0.5, 0.6) is 0 Å². The first kappa shape index (κ1) is 16.4. The summed E-state index contributed by atoms with van der Waals surface area (Å²) < 4.78 is 5.68. The van der Waals surface area contributed by atoms with E-state index in [0.717, 1.165) is 0 Å². The number of primary amides is 1. The van der Waals surface area contributed by atoms with Crippen LogP contribution in [0.25, 0.3) is 0 Å². The molecule has 1 amide bonds. The molecule has 3 N–H and O–H groups in total. The van der Waals surface area contributed by atoms with Gasteiger partial charge in [-0.3, -0.25) is 4.79 Å². The van der Waals surface area contributed by atoms with Crippen molar-refractivity contribution < 1.29 is 9.53 Å². The van der Waals surface area contributed by atoms with Crippen LogP contribution in [0.4, 0.5) is 0 Å². The van der Waals surface area contributed by atoms with Crippen LogP contribution in [-0.2, 0) is 9.53 Å². The molecular weight excluding hydrogens is 216 g/mol. The molecule has 0 aromatic rings. The van der Waals surface area contributed by atoms with Crippen molar-refractivity contribution in [3.8, 4) is 0 Å². The highest BCUT2D eigenvalue weighted by atomic mass is 16.5. The summed E-state index contributed by atoms with van der Waals surface area (Å²) in [5, 5.41) is 3.22.